The van der Waals surface area contributed by atoms with Crippen LogP contribution in [0, 0.1) is 5.92 Å². The molecular weight excluding hydrogens is 475 g/mol. The van der Waals surface area contributed by atoms with Crippen LogP contribution >= 0.6 is 24.0 Å². The number of ether oxygens (including phenoxy) is 1. The maximum absolute atomic E-state index is 5.62. The molecule has 0 saturated carbocycles. The Hall–Kier alpha value is -0.860. The molecule has 1 saturated heterocycles. The minimum atomic E-state index is 0. The van der Waals surface area contributed by atoms with E-state index in [0.29, 0.717) is 12.0 Å². The Balaban J connectivity index is 0.00000420. The fraction of sp³-hybridized carbons (Fsp3) is 0.696. The first-order valence-corrected chi connectivity index (χ1v) is 10.9. The van der Waals surface area contributed by atoms with Gasteiger partial charge in [0.2, 0.25) is 0 Å². The van der Waals surface area contributed by atoms with E-state index in [1.807, 2.05) is 7.05 Å². The molecule has 2 unspecified atom stereocenters. The van der Waals surface area contributed by atoms with Crippen molar-refractivity contribution in [2.45, 2.75) is 58.5 Å². The van der Waals surface area contributed by atoms with Crippen molar-refractivity contribution in [2.75, 3.05) is 39.9 Å². The molecular formula is C23H41IN4O. The zero-order chi connectivity index (χ0) is 20.4. The van der Waals surface area contributed by atoms with Crippen LogP contribution in [0.25, 0.3) is 0 Å². The van der Waals surface area contributed by atoms with Gasteiger partial charge < -0.3 is 20.3 Å². The number of benzene rings is 1. The normalized spacial score (nSPS) is 18.4. The molecule has 29 heavy (non-hydrogen) atoms. The second kappa shape index (κ2) is 13.4. The second-order valence-corrected chi connectivity index (χ2v) is 7.93. The number of hydrogen-bond donors (Lipinski definition) is 2. The first-order chi connectivity index (χ1) is 13.6. The quantitative estimate of drug-likeness (QED) is 0.274. The molecule has 166 valence electrons. The van der Waals surface area contributed by atoms with Crippen LogP contribution in [0.5, 0.6) is 0 Å². The van der Waals surface area contributed by atoms with E-state index in [1.54, 1.807) is 0 Å². The van der Waals surface area contributed by atoms with Crippen LogP contribution in [-0.2, 0) is 4.74 Å². The van der Waals surface area contributed by atoms with Gasteiger partial charge in [-0.1, -0.05) is 44.2 Å². The van der Waals surface area contributed by atoms with Gasteiger partial charge in [-0.05, 0) is 38.7 Å². The molecule has 1 aliphatic heterocycles. The maximum atomic E-state index is 5.62. The molecule has 5 nitrogen and oxygen atoms in total. The van der Waals surface area contributed by atoms with E-state index in [1.165, 1.54) is 12.0 Å². The summed E-state index contributed by atoms with van der Waals surface area (Å²) in [4.78, 5) is 6.93. The van der Waals surface area contributed by atoms with Crippen LogP contribution < -0.4 is 10.6 Å². The van der Waals surface area contributed by atoms with Gasteiger partial charge in [0, 0.05) is 50.8 Å². The average molecular weight is 517 g/mol. The highest BCUT2D eigenvalue weighted by atomic mass is 127. The van der Waals surface area contributed by atoms with E-state index in [2.05, 4.69) is 78.6 Å². The van der Waals surface area contributed by atoms with Gasteiger partial charge in [0.1, 0.15) is 0 Å². The molecule has 0 radical (unpaired) electrons. The third-order valence-corrected chi connectivity index (χ3v) is 6.12. The number of guanidine groups is 1. The molecule has 1 fully saturated rings. The van der Waals surface area contributed by atoms with E-state index in [9.17, 15) is 0 Å². The fourth-order valence-electron chi connectivity index (χ4n) is 4.07. The molecule has 0 aliphatic carbocycles. The molecule has 0 amide bonds. The predicted octanol–water partition coefficient (Wildman–Crippen LogP) is 4.45. The number of aliphatic imine (C=N–C) groups is 1. The lowest BCUT2D eigenvalue weighted by Crippen LogP contribution is -2.55. The van der Waals surface area contributed by atoms with Crippen LogP contribution in [0.4, 0.5) is 0 Å². The van der Waals surface area contributed by atoms with Crippen LogP contribution in [-0.4, -0.2) is 56.3 Å². The SMILES string of the molecule is CCOCC1CCN(C(=NC)NCC(CC)(CC)NC(C)c2ccccc2)C1.I. The Bertz CT molecular complexity index is 592. The molecule has 0 bridgehead atoms. The summed E-state index contributed by atoms with van der Waals surface area (Å²) in [6.45, 7) is 13.5. The van der Waals surface area contributed by atoms with Gasteiger partial charge in [-0.3, -0.25) is 4.99 Å². The van der Waals surface area contributed by atoms with Crippen molar-refractivity contribution in [3.05, 3.63) is 35.9 Å². The summed E-state index contributed by atoms with van der Waals surface area (Å²) < 4.78 is 5.62. The van der Waals surface area contributed by atoms with Gasteiger partial charge in [-0.15, -0.1) is 24.0 Å². The predicted molar refractivity (Wildman–Crippen MR) is 134 cm³/mol. The Morgan fingerprint density at radius 3 is 2.52 bits per heavy atom. The smallest absolute Gasteiger partial charge is 0.193 e. The van der Waals surface area contributed by atoms with E-state index in [4.69, 9.17) is 4.74 Å². The number of nitrogens with one attached hydrogen (secondary N) is 2. The Kier molecular flexibility index (Phi) is 12.1. The van der Waals surface area contributed by atoms with Gasteiger partial charge in [0.25, 0.3) is 0 Å². The molecule has 6 heteroatoms. The highest BCUT2D eigenvalue weighted by Gasteiger charge is 2.30. The molecule has 1 aromatic carbocycles. The molecule has 1 aliphatic rings. The number of likely N-dealkylation sites (tertiary alicyclic amines) is 1. The van der Waals surface area contributed by atoms with Crippen LogP contribution in [0.3, 0.4) is 0 Å². The van der Waals surface area contributed by atoms with Crippen molar-refractivity contribution in [1.29, 1.82) is 0 Å². The molecule has 2 atom stereocenters. The van der Waals surface area contributed by atoms with Crippen LogP contribution in [0.1, 0.15) is 58.6 Å². The summed E-state index contributed by atoms with van der Waals surface area (Å²) in [5.74, 6) is 1.62. The van der Waals surface area contributed by atoms with E-state index < -0.39 is 0 Å². The molecule has 2 rings (SSSR count). The second-order valence-electron chi connectivity index (χ2n) is 7.93. The summed E-state index contributed by atoms with van der Waals surface area (Å²) in [7, 11) is 1.89. The van der Waals surface area contributed by atoms with Crippen LogP contribution in [0.15, 0.2) is 35.3 Å². The number of hydrogen-bond acceptors (Lipinski definition) is 3. The lowest BCUT2D eigenvalue weighted by molar-refractivity contribution is 0.114. The molecule has 1 aromatic rings. The van der Waals surface area contributed by atoms with E-state index in [0.717, 1.165) is 51.6 Å². The fourth-order valence-corrected chi connectivity index (χ4v) is 4.07. The highest BCUT2D eigenvalue weighted by Crippen LogP contribution is 2.22. The third-order valence-electron chi connectivity index (χ3n) is 6.12. The molecule has 0 spiro atoms. The average Bonchev–Trinajstić information content (AvgIpc) is 3.21. The van der Waals surface area contributed by atoms with E-state index in [-0.39, 0.29) is 29.5 Å². The van der Waals surface area contributed by atoms with Crippen LogP contribution in [0.2, 0.25) is 0 Å². The molecule has 0 aromatic heterocycles. The summed E-state index contributed by atoms with van der Waals surface area (Å²) >= 11 is 0. The summed E-state index contributed by atoms with van der Waals surface area (Å²) in [6, 6.07) is 11.0. The van der Waals surface area contributed by atoms with Gasteiger partial charge >= 0.3 is 0 Å². The van der Waals surface area contributed by atoms with Crippen molar-refractivity contribution in [3.8, 4) is 0 Å². The highest BCUT2D eigenvalue weighted by molar-refractivity contribution is 14.0. The minimum absolute atomic E-state index is 0. The van der Waals surface area contributed by atoms with Crippen molar-refractivity contribution in [3.63, 3.8) is 0 Å². The van der Waals surface area contributed by atoms with Gasteiger partial charge in [-0.25, -0.2) is 0 Å². The molecule has 1 heterocycles. The third kappa shape index (κ3) is 7.72. The largest absolute Gasteiger partial charge is 0.381 e. The number of nitrogens with zero attached hydrogens (tertiary/aromatic N) is 2. The first-order valence-electron chi connectivity index (χ1n) is 10.9. The van der Waals surface area contributed by atoms with Gasteiger partial charge in [-0.2, -0.15) is 0 Å². The zero-order valence-electron chi connectivity index (χ0n) is 18.9. The summed E-state index contributed by atoms with van der Waals surface area (Å²) in [5.41, 5.74) is 1.37. The standard InChI is InChI=1S/C23H40N4O.HI/c1-6-23(7-2,26-19(4)21-12-10-9-11-13-21)18-25-22(24-5)27-15-14-20(16-27)17-28-8-3;/h9-13,19-20,26H,6-8,14-18H2,1-5H3,(H,24,25);1H. The zero-order valence-corrected chi connectivity index (χ0v) is 21.2. The van der Waals surface area contributed by atoms with Crippen molar-refractivity contribution in [1.82, 2.24) is 15.5 Å². The van der Waals surface area contributed by atoms with Gasteiger partial charge in [0.15, 0.2) is 5.96 Å². The Labute approximate surface area is 195 Å². The molecule has 2 N–H and O–H groups in total. The topological polar surface area (TPSA) is 48.9 Å². The number of halogens is 1. The lowest BCUT2D eigenvalue weighted by Gasteiger charge is -2.37. The van der Waals surface area contributed by atoms with E-state index >= 15 is 0 Å². The first kappa shape index (κ1) is 26.2. The Morgan fingerprint density at radius 2 is 1.93 bits per heavy atom. The Morgan fingerprint density at radius 1 is 1.24 bits per heavy atom. The van der Waals surface area contributed by atoms with Crippen molar-refractivity contribution < 1.29 is 4.74 Å². The summed E-state index contributed by atoms with van der Waals surface area (Å²) in [5, 5.41) is 7.56. The number of rotatable bonds is 10. The lowest BCUT2D eigenvalue weighted by atomic mass is 9.90. The van der Waals surface area contributed by atoms with Crippen molar-refractivity contribution in [2.24, 2.45) is 10.9 Å². The maximum Gasteiger partial charge on any atom is 0.193 e. The monoisotopic (exact) mass is 516 g/mol. The summed E-state index contributed by atoms with van der Waals surface area (Å²) in [6.07, 6.45) is 3.31. The van der Waals surface area contributed by atoms with Gasteiger partial charge in [0.05, 0.1) is 6.61 Å². The van der Waals surface area contributed by atoms with Crippen molar-refractivity contribution >= 4 is 29.9 Å². The minimum Gasteiger partial charge on any atom is -0.381 e.